The Morgan fingerprint density at radius 3 is 2.07 bits per heavy atom. The van der Waals surface area contributed by atoms with Crippen LogP contribution in [0.4, 0.5) is 0 Å². The van der Waals surface area contributed by atoms with Crippen molar-refractivity contribution in [3.05, 3.63) is 35.9 Å². The molecule has 0 aromatic heterocycles. The highest BCUT2D eigenvalue weighted by Gasteiger charge is 2.25. The molecule has 2 aliphatic rings. The van der Waals surface area contributed by atoms with Crippen LogP contribution < -0.4 is 5.32 Å². The molecule has 0 bridgehead atoms. The van der Waals surface area contributed by atoms with Gasteiger partial charge < -0.3 is 10.2 Å². The maximum atomic E-state index is 12.7. The zero-order chi connectivity index (χ0) is 20.5. The summed E-state index contributed by atoms with van der Waals surface area (Å²) in [4.78, 5) is 33.3. The second-order valence-corrected chi connectivity index (χ2v) is 8.04. The quantitative estimate of drug-likeness (QED) is 0.687. The predicted octanol–water partition coefficient (Wildman–Crippen LogP) is 0.475. The van der Waals surface area contributed by atoms with Crippen LogP contribution in [-0.4, -0.2) is 103 Å². The largest absolute Gasteiger partial charge is 0.355 e. The highest BCUT2D eigenvalue weighted by atomic mass is 16.2. The summed E-state index contributed by atoms with van der Waals surface area (Å²) in [6.07, 6.45) is 0.953. The summed E-state index contributed by atoms with van der Waals surface area (Å²) in [6.45, 7) is 11.6. The number of rotatable bonds is 8. The fourth-order valence-electron chi connectivity index (χ4n) is 3.92. The van der Waals surface area contributed by atoms with Crippen LogP contribution in [0.5, 0.6) is 0 Å². The topological polar surface area (TPSA) is 59.1 Å². The number of benzene rings is 1. The Hall–Kier alpha value is -1.96. The Labute approximate surface area is 174 Å². The zero-order valence-electron chi connectivity index (χ0n) is 17.7. The molecule has 7 nitrogen and oxygen atoms in total. The van der Waals surface area contributed by atoms with Gasteiger partial charge in [-0.05, 0) is 12.0 Å². The molecule has 2 amide bonds. The minimum Gasteiger partial charge on any atom is -0.355 e. The van der Waals surface area contributed by atoms with Gasteiger partial charge in [-0.25, -0.2) is 0 Å². The van der Waals surface area contributed by atoms with E-state index in [2.05, 4.69) is 44.3 Å². The van der Waals surface area contributed by atoms with E-state index in [4.69, 9.17) is 0 Å². The zero-order valence-corrected chi connectivity index (χ0v) is 17.7. The van der Waals surface area contributed by atoms with Crippen molar-refractivity contribution in [3.63, 3.8) is 0 Å². The molecule has 2 heterocycles. The van der Waals surface area contributed by atoms with Crippen LogP contribution in [0.1, 0.15) is 18.9 Å². The normalized spacial score (nSPS) is 19.3. The van der Waals surface area contributed by atoms with Gasteiger partial charge in [0.25, 0.3) is 0 Å². The van der Waals surface area contributed by atoms with Gasteiger partial charge in [0.2, 0.25) is 11.8 Å². The molecular weight excluding hydrogens is 366 g/mol. The smallest absolute Gasteiger partial charge is 0.236 e. The predicted molar refractivity (Wildman–Crippen MR) is 114 cm³/mol. The molecule has 7 heteroatoms. The van der Waals surface area contributed by atoms with Crippen LogP contribution >= 0.6 is 0 Å². The van der Waals surface area contributed by atoms with Gasteiger partial charge in [0, 0.05) is 65.4 Å². The van der Waals surface area contributed by atoms with Gasteiger partial charge >= 0.3 is 0 Å². The van der Waals surface area contributed by atoms with Crippen LogP contribution in [0.3, 0.4) is 0 Å². The first-order valence-electron chi connectivity index (χ1n) is 10.9. The third kappa shape index (κ3) is 7.10. The first kappa shape index (κ1) is 21.7. The number of piperazine rings is 2. The molecule has 0 unspecified atom stereocenters. The highest BCUT2D eigenvalue weighted by molar-refractivity contribution is 5.79. The van der Waals surface area contributed by atoms with Crippen LogP contribution in [0.15, 0.2) is 30.3 Å². The monoisotopic (exact) mass is 401 g/mol. The van der Waals surface area contributed by atoms with Crippen LogP contribution in [0, 0.1) is 0 Å². The minimum absolute atomic E-state index is 0.0833. The van der Waals surface area contributed by atoms with E-state index in [-0.39, 0.29) is 11.8 Å². The van der Waals surface area contributed by atoms with Crippen molar-refractivity contribution in [3.8, 4) is 0 Å². The summed E-state index contributed by atoms with van der Waals surface area (Å²) in [5.41, 5.74) is 1.35. The van der Waals surface area contributed by atoms with Crippen molar-refractivity contribution in [2.45, 2.75) is 19.9 Å². The Kier molecular flexibility index (Phi) is 8.46. The van der Waals surface area contributed by atoms with Gasteiger partial charge in [0.15, 0.2) is 0 Å². The van der Waals surface area contributed by atoms with Crippen LogP contribution in [0.25, 0.3) is 0 Å². The standard InChI is InChI=1S/C22H35N5O2/c1-2-8-23-21(28)18-25-13-15-27(16-14-25)22(29)19-26-11-9-24(10-12-26)17-20-6-4-3-5-7-20/h3-7H,2,8-19H2,1H3,(H,23,28). The lowest BCUT2D eigenvalue weighted by molar-refractivity contribution is -0.134. The molecule has 1 aromatic rings. The molecule has 0 saturated carbocycles. The van der Waals surface area contributed by atoms with Crippen molar-refractivity contribution in [2.75, 3.05) is 72.0 Å². The van der Waals surface area contributed by atoms with E-state index >= 15 is 0 Å². The maximum Gasteiger partial charge on any atom is 0.236 e. The third-order valence-corrected chi connectivity index (χ3v) is 5.74. The van der Waals surface area contributed by atoms with Crippen molar-refractivity contribution in [1.82, 2.24) is 24.9 Å². The molecule has 3 rings (SSSR count). The van der Waals surface area contributed by atoms with E-state index in [1.165, 1.54) is 5.56 Å². The number of carbonyl (C=O) groups excluding carboxylic acids is 2. The van der Waals surface area contributed by atoms with Crippen molar-refractivity contribution in [1.29, 1.82) is 0 Å². The van der Waals surface area contributed by atoms with E-state index in [0.29, 0.717) is 26.2 Å². The second kappa shape index (κ2) is 11.3. The first-order chi connectivity index (χ1) is 14.1. The summed E-state index contributed by atoms with van der Waals surface area (Å²) in [6, 6.07) is 10.6. The van der Waals surface area contributed by atoms with Gasteiger partial charge in [-0.3, -0.25) is 24.3 Å². The minimum atomic E-state index is 0.0833. The lowest BCUT2D eigenvalue weighted by atomic mass is 10.2. The van der Waals surface area contributed by atoms with Gasteiger partial charge in [0.1, 0.15) is 0 Å². The van der Waals surface area contributed by atoms with Crippen LogP contribution in [0.2, 0.25) is 0 Å². The fourth-order valence-corrected chi connectivity index (χ4v) is 3.92. The van der Waals surface area contributed by atoms with E-state index in [1.54, 1.807) is 0 Å². The lowest BCUT2D eigenvalue weighted by Gasteiger charge is -2.37. The molecule has 160 valence electrons. The molecule has 2 fully saturated rings. The number of nitrogens with zero attached hydrogens (tertiary/aromatic N) is 4. The summed E-state index contributed by atoms with van der Waals surface area (Å²) < 4.78 is 0. The van der Waals surface area contributed by atoms with E-state index < -0.39 is 0 Å². The molecule has 0 atom stereocenters. The summed E-state index contributed by atoms with van der Waals surface area (Å²) in [7, 11) is 0. The van der Waals surface area contributed by atoms with Crippen LogP contribution in [-0.2, 0) is 16.1 Å². The molecule has 2 aliphatic heterocycles. The van der Waals surface area contributed by atoms with Gasteiger partial charge in [-0.1, -0.05) is 37.3 Å². The highest BCUT2D eigenvalue weighted by Crippen LogP contribution is 2.09. The van der Waals surface area contributed by atoms with E-state index in [0.717, 1.165) is 58.8 Å². The Morgan fingerprint density at radius 2 is 1.41 bits per heavy atom. The molecule has 0 radical (unpaired) electrons. The molecule has 0 aliphatic carbocycles. The maximum absolute atomic E-state index is 12.7. The first-order valence-corrected chi connectivity index (χ1v) is 10.9. The summed E-state index contributed by atoms with van der Waals surface area (Å²) in [5, 5.41) is 2.91. The van der Waals surface area contributed by atoms with Gasteiger partial charge in [0.05, 0.1) is 13.1 Å². The lowest BCUT2D eigenvalue weighted by Crippen LogP contribution is -2.54. The molecule has 2 saturated heterocycles. The molecule has 0 spiro atoms. The molecule has 29 heavy (non-hydrogen) atoms. The second-order valence-electron chi connectivity index (χ2n) is 8.04. The van der Waals surface area contributed by atoms with Gasteiger partial charge in [-0.2, -0.15) is 0 Å². The average Bonchev–Trinajstić information content (AvgIpc) is 2.75. The Morgan fingerprint density at radius 1 is 0.828 bits per heavy atom. The van der Waals surface area contributed by atoms with E-state index in [1.807, 2.05) is 17.9 Å². The van der Waals surface area contributed by atoms with Gasteiger partial charge in [-0.15, -0.1) is 0 Å². The van der Waals surface area contributed by atoms with E-state index in [9.17, 15) is 9.59 Å². The number of hydrogen-bond donors (Lipinski definition) is 1. The number of carbonyl (C=O) groups is 2. The Balaban J connectivity index is 1.33. The van der Waals surface area contributed by atoms with Crippen molar-refractivity contribution in [2.24, 2.45) is 0 Å². The third-order valence-electron chi connectivity index (χ3n) is 5.74. The van der Waals surface area contributed by atoms with Crippen molar-refractivity contribution >= 4 is 11.8 Å². The fraction of sp³-hybridized carbons (Fsp3) is 0.636. The number of hydrogen-bond acceptors (Lipinski definition) is 5. The molecule has 1 N–H and O–H groups in total. The summed E-state index contributed by atoms with van der Waals surface area (Å²) in [5.74, 6) is 0.302. The molecule has 1 aromatic carbocycles. The number of nitrogens with one attached hydrogen (secondary N) is 1. The van der Waals surface area contributed by atoms with Crippen molar-refractivity contribution < 1.29 is 9.59 Å². The SMILES string of the molecule is CCCNC(=O)CN1CCN(C(=O)CN2CCN(Cc3ccccc3)CC2)CC1. The average molecular weight is 402 g/mol. The Bertz CT molecular complexity index is 638. The molecular formula is C22H35N5O2. The summed E-state index contributed by atoms with van der Waals surface area (Å²) >= 11 is 0. The number of amides is 2.